The Kier molecular flexibility index (Phi) is 4.44. The van der Waals surface area contributed by atoms with E-state index < -0.39 is 22.4 Å². The van der Waals surface area contributed by atoms with Gasteiger partial charge in [-0.05, 0) is 12.1 Å². The maximum atomic E-state index is 12.5. The van der Waals surface area contributed by atoms with Gasteiger partial charge in [-0.3, -0.25) is 14.9 Å². The highest BCUT2D eigenvalue weighted by atomic mass is 35.5. The van der Waals surface area contributed by atoms with Crippen molar-refractivity contribution in [1.29, 1.82) is 0 Å². The number of carboxylic acids is 1. The molecule has 0 saturated carbocycles. The fourth-order valence-corrected chi connectivity index (χ4v) is 2.20. The third-order valence-electron chi connectivity index (χ3n) is 2.88. The summed E-state index contributed by atoms with van der Waals surface area (Å²) in [5.41, 5.74) is -1.29. The highest BCUT2D eigenvalue weighted by molar-refractivity contribution is 6.42. The quantitative estimate of drug-likeness (QED) is 0.518. The highest BCUT2D eigenvalue weighted by Crippen LogP contribution is 2.32. The van der Waals surface area contributed by atoms with Crippen LogP contribution < -0.4 is 0 Å². The molecule has 2 rings (SSSR count). The largest absolute Gasteiger partial charge is 0.478 e. The molecule has 0 aromatic heterocycles. The number of aromatic carboxylic acids is 1. The topological polar surface area (TPSA) is 97.5 Å². The molecule has 0 aliphatic rings. The number of rotatable bonds is 4. The molecule has 0 spiro atoms. The Morgan fingerprint density at radius 3 is 2.09 bits per heavy atom. The lowest BCUT2D eigenvalue weighted by atomic mass is 9.97. The van der Waals surface area contributed by atoms with Crippen LogP contribution in [0.2, 0.25) is 10.0 Å². The average molecular weight is 340 g/mol. The fraction of sp³-hybridized carbons (Fsp3) is 0. The molecule has 8 heteroatoms. The first-order valence-corrected chi connectivity index (χ1v) is 6.59. The molecule has 22 heavy (non-hydrogen) atoms. The minimum atomic E-state index is -1.31. The van der Waals surface area contributed by atoms with Gasteiger partial charge in [-0.1, -0.05) is 41.4 Å². The second-order valence-electron chi connectivity index (χ2n) is 4.22. The third kappa shape index (κ3) is 2.93. The Morgan fingerprint density at radius 2 is 1.55 bits per heavy atom. The number of carbonyl (C=O) groups is 2. The summed E-state index contributed by atoms with van der Waals surface area (Å²) in [6.07, 6.45) is 0. The molecule has 0 saturated heterocycles. The van der Waals surface area contributed by atoms with Crippen molar-refractivity contribution in [2.24, 2.45) is 0 Å². The zero-order chi connectivity index (χ0) is 16.4. The Morgan fingerprint density at radius 1 is 1.00 bits per heavy atom. The van der Waals surface area contributed by atoms with Gasteiger partial charge in [0.05, 0.1) is 20.5 Å². The van der Waals surface area contributed by atoms with Crippen molar-refractivity contribution in [2.75, 3.05) is 0 Å². The van der Waals surface area contributed by atoms with E-state index in [4.69, 9.17) is 28.3 Å². The van der Waals surface area contributed by atoms with Crippen LogP contribution in [0.1, 0.15) is 26.3 Å². The maximum absolute atomic E-state index is 12.5. The molecule has 0 aliphatic heterocycles. The Balaban J connectivity index is 2.67. The molecule has 0 atom stereocenters. The monoisotopic (exact) mass is 339 g/mol. The predicted molar refractivity (Wildman–Crippen MR) is 80.0 cm³/mol. The van der Waals surface area contributed by atoms with Gasteiger partial charge in [-0.2, -0.15) is 0 Å². The summed E-state index contributed by atoms with van der Waals surface area (Å²) in [5.74, 6) is -2.13. The first kappa shape index (κ1) is 15.9. The number of carbonyl (C=O) groups excluding carboxylic acids is 1. The van der Waals surface area contributed by atoms with Crippen molar-refractivity contribution in [1.82, 2.24) is 0 Å². The van der Waals surface area contributed by atoms with Gasteiger partial charge in [0.15, 0.2) is 0 Å². The minimum absolute atomic E-state index is 0.0385. The molecule has 0 aliphatic carbocycles. The van der Waals surface area contributed by atoms with Crippen LogP contribution in [-0.2, 0) is 0 Å². The second kappa shape index (κ2) is 6.13. The minimum Gasteiger partial charge on any atom is -0.478 e. The summed E-state index contributed by atoms with van der Waals surface area (Å²) in [6, 6.07) is 7.44. The first-order chi connectivity index (χ1) is 10.3. The number of hydrogen-bond acceptors (Lipinski definition) is 4. The van der Waals surface area contributed by atoms with Crippen molar-refractivity contribution in [3.8, 4) is 0 Å². The van der Waals surface area contributed by atoms with Crippen molar-refractivity contribution in [3.63, 3.8) is 0 Å². The van der Waals surface area contributed by atoms with Gasteiger partial charge >= 0.3 is 5.97 Å². The maximum Gasteiger partial charge on any atom is 0.336 e. The van der Waals surface area contributed by atoms with E-state index in [0.717, 1.165) is 12.1 Å². The molecule has 1 N–H and O–H groups in total. The van der Waals surface area contributed by atoms with Crippen molar-refractivity contribution in [2.45, 2.75) is 0 Å². The Bertz CT molecular complexity index is 804. The van der Waals surface area contributed by atoms with E-state index in [-0.39, 0.29) is 26.7 Å². The van der Waals surface area contributed by atoms with Gasteiger partial charge in [0.2, 0.25) is 5.78 Å². The number of ketones is 1. The number of nitrogens with zero attached hydrogens (tertiary/aromatic N) is 1. The number of benzene rings is 2. The molecule has 0 fully saturated rings. The highest BCUT2D eigenvalue weighted by Gasteiger charge is 2.26. The SMILES string of the molecule is O=C(O)c1ccccc1C(=O)c1cc(Cl)c(Cl)cc1[N+](=O)[O-]. The summed E-state index contributed by atoms with van der Waals surface area (Å²) < 4.78 is 0. The van der Waals surface area contributed by atoms with Crippen molar-refractivity contribution < 1.29 is 19.6 Å². The van der Waals surface area contributed by atoms with E-state index in [1.165, 1.54) is 24.3 Å². The standard InChI is InChI=1S/C14H7Cl2NO5/c15-10-5-9(12(17(21)22)6-11(10)16)13(18)7-3-1-2-4-8(7)14(19)20/h1-6H,(H,19,20). The van der Waals surface area contributed by atoms with Gasteiger partial charge in [0, 0.05) is 11.6 Å². The van der Waals surface area contributed by atoms with E-state index in [1.807, 2.05) is 0 Å². The smallest absolute Gasteiger partial charge is 0.336 e. The van der Waals surface area contributed by atoms with Crippen LogP contribution in [0.5, 0.6) is 0 Å². The van der Waals surface area contributed by atoms with Gasteiger partial charge in [-0.25, -0.2) is 4.79 Å². The van der Waals surface area contributed by atoms with E-state index >= 15 is 0 Å². The van der Waals surface area contributed by atoms with E-state index in [2.05, 4.69) is 0 Å². The lowest BCUT2D eigenvalue weighted by molar-refractivity contribution is -0.385. The fourth-order valence-electron chi connectivity index (χ4n) is 1.88. The Labute approximate surface area is 134 Å². The summed E-state index contributed by atoms with van der Waals surface area (Å²) in [6.45, 7) is 0. The molecule has 0 heterocycles. The van der Waals surface area contributed by atoms with Crippen molar-refractivity contribution >= 4 is 40.6 Å². The summed E-state index contributed by atoms with van der Waals surface area (Å²) in [7, 11) is 0. The summed E-state index contributed by atoms with van der Waals surface area (Å²) in [4.78, 5) is 34.0. The molecule has 0 bridgehead atoms. The number of hydrogen-bond donors (Lipinski definition) is 1. The van der Waals surface area contributed by atoms with Crippen LogP contribution >= 0.6 is 23.2 Å². The third-order valence-corrected chi connectivity index (χ3v) is 3.60. The number of halogens is 2. The lowest BCUT2D eigenvalue weighted by Gasteiger charge is -2.07. The van der Waals surface area contributed by atoms with E-state index in [9.17, 15) is 19.7 Å². The molecule has 2 aromatic carbocycles. The van der Waals surface area contributed by atoms with Crippen LogP contribution in [0.3, 0.4) is 0 Å². The first-order valence-electron chi connectivity index (χ1n) is 5.83. The Hall–Kier alpha value is -2.44. The molecule has 2 aromatic rings. The van der Waals surface area contributed by atoms with Gasteiger partial charge in [0.1, 0.15) is 5.56 Å². The van der Waals surface area contributed by atoms with Gasteiger partial charge in [0.25, 0.3) is 5.69 Å². The zero-order valence-electron chi connectivity index (χ0n) is 10.7. The molecule has 0 unspecified atom stereocenters. The molecule has 0 amide bonds. The van der Waals surface area contributed by atoms with Crippen LogP contribution in [0.4, 0.5) is 5.69 Å². The average Bonchev–Trinajstić information content (AvgIpc) is 2.48. The van der Waals surface area contributed by atoms with Crippen LogP contribution in [0.15, 0.2) is 36.4 Å². The van der Waals surface area contributed by atoms with E-state index in [1.54, 1.807) is 0 Å². The number of carboxylic acid groups (broad SMARTS) is 1. The summed E-state index contributed by atoms with van der Waals surface area (Å²) in [5, 5.41) is 20.1. The zero-order valence-corrected chi connectivity index (χ0v) is 12.3. The molecular weight excluding hydrogens is 333 g/mol. The summed E-state index contributed by atoms with van der Waals surface area (Å²) >= 11 is 11.5. The lowest BCUT2D eigenvalue weighted by Crippen LogP contribution is -2.11. The molecule has 112 valence electrons. The molecule has 6 nitrogen and oxygen atoms in total. The van der Waals surface area contributed by atoms with Crippen LogP contribution in [0, 0.1) is 10.1 Å². The van der Waals surface area contributed by atoms with Gasteiger partial charge < -0.3 is 5.11 Å². The molecule has 0 radical (unpaired) electrons. The van der Waals surface area contributed by atoms with Crippen LogP contribution in [0.25, 0.3) is 0 Å². The normalized spacial score (nSPS) is 10.3. The number of nitro benzene ring substituents is 1. The van der Waals surface area contributed by atoms with E-state index in [0.29, 0.717) is 0 Å². The molecular formula is C14H7Cl2NO5. The van der Waals surface area contributed by atoms with Crippen LogP contribution in [-0.4, -0.2) is 21.8 Å². The van der Waals surface area contributed by atoms with Crippen molar-refractivity contribution in [3.05, 3.63) is 73.2 Å². The number of nitro groups is 1. The second-order valence-corrected chi connectivity index (χ2v) is 5.03. The predicted octanol–water partition coefficient (Wildman–Crippen LogP) is 3.83. The van der Waals surface area contributed by atoms with Gasteiger partial charge in [-0.15, -0.1) is 0 Å².